The topological polar surface area (TPSA) is 36.5 Å². The minimum atomic E-state index is 0.139. The summed E-state index contributed by atoms with van der Waals surface area (Å²) in [4.78, 5) is 2.49. The minimum absolute atomic E-state index is 0.139. The van der Waals surface area contributed by atoms with E-state index in [1.165, 1.54) is 49.8 Å². The molecule has 4 nitrogen and oxygen atoms in total. The van der Waals surface area contributed by atoms with Crippen LogP contribution in [0.4, 0.5) is 11.4 Å². The first-order valence-electron chi connectivity index (χ1n) is 11.8. The van der Waals surface area contributed by atoms with E-state index >= 15 is 0 Å². The van der Waals surface area contributed by atoms with Crippen LogP contribution in [0.25, 0.3) is 0 Å². The molecule has 2 aromatic rings. The summed E-state index contributed by atoms with van der Waals surface area (Å²) < 4.78 is 6.04. The lowest BCUT2D eigenvalue weighted by molar-refractivity contribution is 0.210. The molecule has 1 unspecified atom stereocenters. The van der Waals surface area contributed by atoms with Gasteiger partial charge in [0.2, 0.25) is 0 Å². The molecule has 1 heterocycles. The quantitative estimate of drug-likeness (QED) is 0.519. The zero-order valence-electron chi connectivity index (χ0n) is 18.8. The summed E-state index contributed by atoms with van der Waals surface area (Å²) in [6.07, 6.45) is 7.85. The maximum Gasteiger partial charge on any atom is 0.171 e. The van der Waals surface area contributed by atoms with Crippen molar-refractivity contribution in [2.75, 3.05) is 23.3 Å². The van der Waals surface area contributed by atoms with E-state index in [0.717, 1.165) is 30.4 Å². The second kappa shape index (κ2) is 10.4. The number of nitrogens with zero attached hydrogens (tertiary/aromatic N) is 1. The Kier molecular flexibility index (Phi) is 7.33. The van der Waals surface area contributed by atoms with Gasteiger partial charge in [-0.2, -0.15) is 0 Å². The smallest absolute Gasteiger partial charge is 0.171 e. The highest BCUT2D eigenvalue weighted by molar-refractivity contribution is 7.80. The van der Waals surface area contributed by atoms with Gasteiger partial charge in [-0.15, -0.1) is 0 Å². The van der Waals surface area contributed by atoms with Crippen LogP contribution in [0.3, 0.4) is 0 Å². The van der Waals surface area contributed by atoms with Gasteiger partial charge in [0.25, 0.3) is 0 Å². The Morgan fingerprint density at radius 2 is 1.61 bits per heavy atom. The van der Waals surface area contributed by atoms with Crippen LogP contribution >= 0.6 is 12.2 Å². The van der Waals surface area contributed by atoms with Crippen molar-refractivity contribution < 1.29 is 4.74 Å². The molecule has 0 radical (unpaired) electrons. The molecule has 2 aromatic carbocycles. The summed E-state index contributed by atoms with van der Waals surface area (Å²) in [6, 6.07) is 17.1. The molecule has 4 rings (SSSR count). The zero-order valence-corrected chi connectivity index (χ0v) is 19.6. The van der Waals surface area contributed by atoms with Gasteiger partial charge in [0, 0.05) is 24.5 Å². The molecule has 0 spiro atoms. The van der Waals surface area contributed by atoms with E-state index in [1.807, 2.05) is 24.3 Å². The fourth-order valence-electron chi connectivity index (χ4n) is 4.50. The van der Waals surface area contributed by atoms with E-state index in [9.17, 15) is 0 Å². The highest BCUT2D eigenvalue weighted by Gasteiger charge is 2.17. The Morgan fingerprint density at radius 3 is 2.26 bits per heavy atom. The lowest BCUT2D eigenvalue weighted by Crippen LogP contribution is -2.33. The fourth-order valence-corrected chi connectivity index (χ4v) is 4.80. The largest absolute Gasteiger partial charge is 0.490 e. The number of hydrogen-bond donors (Lipinski definition) is 2. The number of hydrogen-bond acceptors (Lipinski definition) is 3. The Balaban J connectivity index is 1.26. The Labute approximate surface area is 192 Å². The molecule has 2 N–H and O–H groups in total. The van der Waals surface area contributed by atoms with Crippen molar-refractivity contribution in [1.82, 2.24) is 5.32 Å². The van der Waals surface area contributed by atoms with Crippen LogP contribution in [0, 0.1) is 5.92 Å². The lowest BCUT2D eigenvalue weighted by atomic mass is 9.98. The van der Waals surface area contributed by atoms with E-state index in [0.29, 0.717) is 11.2 Å². The van der Waals surface area contributed by atoms with E-state index in [1.54, 1.807) is 0 Å². The molecule has 1 aliphatic heterocycles. The molecule has 1 saturated heterocycles. The van der Waals surface area contributed by atoms with E-state index in [-0.39, 0.29) is 6.04 Å². The van der Waals surface area contributed by atoms with Gasteiger partial charge in [0.1, 0.15) is 5.75 Å². The molecule has 0 aromatic heterocycles. The summed E-state index contributed by atoms with van der Waals surface area (Å²) in [5, 5.41) is 7.32. The molecule has 1 aliphatic carbocycles. The second-order valence-electron chi connectivity index (χ2n) is 9.13. The van der Waals surface area contributed by atoms with Crippen LogP contribution in [0.2, 0.25) is 0 Å². The number of thiocarbonyl (C=S) groups is 1. The van der Waals surface area contributed by atoms with Crippen LogP contribution in [0.5, 0.6) is 5.75 Å². The fraction of sp³-hybridized carbons (Fsp3) is 0.500. The van der Waals surface area contributed by atoms with Crippen molar-refractivity contribution in [3.05, 3.63) is 54.1 Å². The number of rotatable bonds is 6. The molecule has 5 heteroatoms. The Hall–Kier alpha value is -2.27. The van der Waals surface area contributed by atoms with Gasteiger partial charge in [0.15, 0.2) is 5.11 Å². The molecule has 166 valence electrons. The molecule has 2 fully saturated rings. The first kappa shape index (κ1) is 21.9. The molecule has 2 aliphatic rings. The van der Waals surface area contributed by atoms with Gasteiger partial charge in [-0.05, 0) is 106 Å². The van der Waals surface area contributed by atoms with Crippen molar-refractivity contribution in [2.24, 2.45) is 5.92 Å². The molecule has 0 amide bonds. The average Bonchev–Trinajstić information content (AvgIpc) is 3.29. The predicted molar refractivity (Wildman–Crippen MR) is 134 cm³/mol. The number of piperidine rings is 1. The molecular formula is C26H35N3OS. The predicted octanol–water partition coefficient (Wildman–Crippen LogP) is 6.29. The van der Waals surface area contributed by atoms with Gasteiger partial charge in [0.05, 0.1) is 12.1 Å². The third kappa shape index (κ3) is 6.13. The van der Waals surface area contributed by atoms with Gasteiger partial charge in [-0.1, -0.05) is 19.1 Å². The summed E-state index contributed by atoms with van der Waals surface area (Å²) in [7, 11) is 0. The van der Waals surface area contributed by atoms with Crippen LogP contribution in [0.1, 0.15) is 64.0 Å². The number of benzene rings is 2. The standard InChI is InChI=1S/C26H35N3OS/c1-19-15-17-29(18-16-19)23-11-7-21(8-12-23)20(2)27-26(31)28-22-9-13-25(14-10-22)30-24-5-3-4-6-24/h7-14,19-20,24H,3-6,15-18H2,1-2H3,(H2,27,28,31). The maximum atomic E-state index is 6.04. The van der Waals surface area contributed by atoms with Crippen molar-refractivity contribution >= 4 is 28.7 Å². The summed E-state index contributed by atoms with van der Waals surface area (Å²) >= 11 is 5.54. The third-order valence-corrected chi connectivity index (χ3v) is 6.83. The van der Waals surface area contributed by atoms with Crippen molar-refractivity contribution in [2.45, 2.75) is 64.5 Å². The van der Waals surface area contributed by atoms with Crippen LogP contribution < -0.4 is 20.3 Å². The van der Waals surface area contributed by atoms with Crippen molar-refractivity contribution in [3.8, 4) is 5.75 Å². The van der Waals surface area contributed by atoms with Gasteiger partial charge < -0.3 is 20.3 Å². The Morgan fingerprint density at radius 1 is 0.968 bits per heavy atom. The van der Waals surface area contributed by atoms with Crippen LogP contribution in [-0.2, 0) is 0 Å². The first-order chi connectivity index (χ1) is 15.1. The maximum absolute atomic E-state index is 6.04. The van der Waals surface area contributed by atoms with E-state index in [2.05, 4.69) is 53.6 Å². The summed E-state index contributed by atoms with van der Waals surface area (Å²) in [6.45, 7) is 6.81. The monoisotopic (exact) mass is 437 g/mol. The van der Waals surface area contributed by atoms with Gasteiger partial charge in [-0.3, -0.25) is 0 Å². The third-order valence-electron chi connectivity index (χ3n) is 6.61. The molecule has 1 atom stereocenters. The lowest BCUT2D eigenvalue weighted by Gasteiger charge is -2.32. The number of anilines is 2. The minimum Gasteiger partial charge on any atom is -0.490 e. The normalized spacial score (nSPS) is 18.6. The number of nitrogens with one attached hydrogen (secondary N) is 2. The molecular weight excluding hydrogens is 402 g/mol. The summed E-state index contributed by atoms with van der Waals surface area (Å²) in [5.41, 5.74) is 3.53. The van der Waals surface area contributed by atoms with E-state index in [4.69, 9.17) is 17.0 Å². The van der Waals surface area contributed by atoms with Gasteiger partial charge >= 0.3 is 0 Å². The van der Waals surface area contributed by atoms with Crippen molar-refractivity contribution in [3.63, 3.8) is 0 Å². The van der Waals surface area contributed by atoms with Gasteiger partial charge in [-0.25, -0.2) is 0 Å². The molecule has 0 bridgehead atoms. The van der Waals surface area contributed by atoms with Crippen molar-refractivity contribution in [1.29, 1.82) is 0 Å². The number of ether oxygens (including phenoxy) is 1. The molecule has 1 saturated carbocycles. The molecule has 31 heavy (non-hydrogen) atoms. The van der Waals surface area contributed by atoms with Crippen LogP contribution in [-0.4, -0.2) is 24.3 Å². The summed E-state index contributed by atoms with van der Waals surface area (Å²) in [5.74, 6) is 1.79. The second-order valence-corrected chi connectivity index (χ2v) is 9.54. The zero-order chi connectivity index (χ0) is 21.6. The highest BCUT2D eigenvalue weighted by atomic mass is 32.1. The average molecular weight is 438 g/mol. The Bertz CT molecular complexity index is 838. The SMILES string of the molecule is CC1CCN(c2ccc(C(C)NC(=S)Nc3ccc(OC4CCCC4)cc3)cc2)CC1. The van der Waals surface area contributed by atoms with Crippen LogP contribution in [0.15, 0.2) is 48.5 Å². The van der Waals surface area contributed by atoms with E-state index < -0.39 is 0 Å². The first-order valence-corrected chi connectivity index (χ1v) is 12.2. The highest BCUT2D eigenvalue weighted by Crippen LogP contribution is 2.26.